The molecule has 5 nitrogen and oxygen atoms in total. The molecule has 0 aromatic carbocycles. The van der Waals surface area contributed by atoms with Crippen molar-refractivity contribution >= 4 is 11.9 Å². The number of hydrogen-bond donors (Lipinski definition) is 1. The minimum absolute atomic E-state index is 0.248. The fourth-order valence-electron chi connectivity index (χ4n) is 1.28. The lowest BCUT2D eigenvalue weighted by atomic mass is 10.2. The van der Waals surface area contributed by atoms with Crippen molar-refractivity contribution in [1.29, 1.82) is 0 Å². The van der Waals surface area contributed by atoms with Crippen molar-refractivity contribution in [2.45, 2.75) is 24.8 Å². The average molecular weight is 201 g/mol. The molecule has 1 rings (SSSR count). The lowest BCUT2D eigenvalue weighted by Gasteiger charge is -2.13. The SMILES string of the molecule is COC(=O)CCNC1(C(=O)OC)CC1. The first-order chi connectivity index (χ1) is 6.64. The molecular formula is C9H15NO4. The van der Waals surface area contributed by atoms with Crippen molar-refractivity contribution in [3.63, 3.8) is 0 Å². The maximum Gasteiger partial charge on any atom is 0.326 e. The van der Waals surface area contributed by atoms with Gasteiger partial charge < -0.3 is 14.8 Å². The van der Waals surface area contributed by atoms with Crippen LogP contribution in [0.15, 0.2) is 0 Å². The van der Waals surface area contributed by atoms with E-state index in [-0.39, 0.29) is 18.4 Å². The number of carbonyl (C=O) groups excluding carboxylic acids is 2. The first-order valence-corrected chi connectivity index (χ1v) is 4.55. The molecule has 0 radical (unpaired) electrons. The molecule has 0 aliphatic heterocycles. The lowest BCUT2D eigenvalue weighted by molar-refractivity contribution is -0.145. The molecule has 0 spiro atoms. The fourth-order valence-corrected chi connectivity index (χ4v) is 1.28. The monoisotopic (exact) mass is 201 g/mol. The summed E-state index contributed by atoms with van der Waals surface area (Å²) >= 11 is 0. The van der Waals surface area contributed by atoms with E-state index < -0.39 is 5.54 Å². The highest BCUT2D eigenvalue weighted by Crippen LogP contribution is 2.36. The molecule has 0 heterocycles. The van der Waals surface area contributed by atoms with Gasteiger partial charge in [0, 0.05) is 6.54 Å². The number of carbonyl (C=O) groups is 2. The van der Waals surface area contributed by atoms with Gasteiger partial charge in [-0.25, -0.2) is 0 Å². The van der Waals surface area contributed by atoms with Crippen LogP contribution >= 0.6 is 0 Å². The molecule has 0 bridgehead atoms. The molecule has 0 unspecified atom stereocenters. The number of hydrogen-bond acceptors (Lipinski definition) is 5. The number of esters is 2. The molecule has 0 amide bonds. The third kappa shape index (κ3) is 2.45. The molecule has 1 aliphatic carbocycles. The zero-order chi connectivity index (χ0) is 10.6. The van der Waals surface area contributed by atoms with Crippen molar-refractivity contribution in [3.05, 3.63) is 0 Å². The Morgan fingerprint density at radius 3 is 2.36 bits per heavy atom. The summed E-state index contributed by atoms with van der Waals surface area (Å²) in [6.45, 7) is 0.446. The zero-order valence-corrected chi connectivity index (χ0v) is 8.46. The number of nitrogens with one attached hydrogen (secondary N) is 1. The van der Waals surface area contributed by atoms with Crippen LogP contribution in [0, 0.1) is 0 Å². The topological polar surface area (TPSA) is 64.6 Å². The van der Waals surface area contributed by atoms with E-state index in [9.17, 15) is 9.59 Å². The van der Waals surface area contributed by atoms with Crippen molar-refractivity contribution < 1.29 is 19.1 Å². The summed E-state index contributed by atoms with van der Waals surface area (Å²) in [5.41, 5.74) is -0.525. The highest BCUT2D eigenvalue weighted by Gasteiger charge is 2.50. The molecular weight excluding hydrogens is 186 g/mol. The first kappa shape index (κ1) is 11.0. The summed E-state index contributed by atoms with van der Waals surface area (Å²) in [5, 5.41) is 3.01. The molecule has 0 aromatic heterocycles. The highest BCUT2D eigenvalue weighted by molar-refractivity contribution is 5.84. The Bertz CT molecular complexity index is 235. The van der Waals surface area contributed by atoms with Crippen LogP contribution in [0.1, 0.15) is 19.3 Å². The van der Waals surface area contributed by atoms with Crippen molar-refractivity contribution in [2.24, 2.45) is 0 Å². The van der Waals surface area contributed by atoms with Crippen LogP contribution in [0.3, 0.4) is 0 Å². The van der Waals surface area contributed by atoms with E-state index in [0.717, 1.165) is 12.8 Å². The largest absolute Gasteiger partial charge is 0.469 e. The van der Waals surface area contributed by atoms with Crippen LogP contribution in [0.25, 0.3) is 0 Å². The van der Waals surface area contributed by atoms with Gasteiger partial charge in [-0.05, 0) is 12.8 Å². The van der Waals surface area contributed by atoms with Gasteiger partial charge in [-0.1, -0.05) is 0 Å². The normalized spacial score (nSPS) is 17.3. The van der Waals surface area contributed by atoms with Gasteiger partial charge in [0.25, 0.3) is 0 Å². The minimum Gasteiger partial charge on any atom is -0.469 e. The molecule has 0 saturated heterocycles. The molecule has 1 N–H and O–H groups in total. The molecule has 1 fully saturated rings. The Kier molecular flexibility index (Phi) is 3.46. The first-order valence-electron chi connectivity index (χ1n) is 4.55. The maximum atomic E-state index is 11.2. The van der Waals surface area contributed by atoms with Crippen molar-refractivity contribution in [3.8, 4) is 0 Å². The Morgan fingerprint density at radius 1 is 1.29 bits per heavy atom. The van der Waals surface area contributed by atoms with E-state index in [0.29, 0.717) is 6.54 Å². The van der Waals surface area contributed by atoms with E-state index in [1.54, 1.807) is 0 Å². The minimum atomic E-state index is -0.525. The summed E-state index contributed by atoms with van der Waals surface area (Å²) < 4.78 is 9.12. The number of methoxy groups -OCH3 is 2. The van der Waals surface area contributed by atoms with Crippen molar-refractivity contribution in [1.82, 2.24) is 5.32 Å². The van der Waals surface area contributed by atoms with Crippen LogP contribution in [0.2, 0.25) is 0 Å². The van der Waals surface area contributed by atoms with Crippen LogP contribution in [-0.2, 0) is 19.1 Å². The average Bonchev–Trinajstić information content (AvgIpc) is 2.97. The molecule has 5 heteroatoms. The van der Waals surface area contributed by atoms with Crippen molar-refractivity contribution in [2.75, 3.05) is 20.8 Å². The summed E-state index contributed by atoms with van der Waals surface area (Å²) in [6, 6.07) is 0. The summed E-state index contributed by atoms with van der Waals surface area (Å²) in [4.78, 5) is 22.0. The van der Waals surface area contributed by atoms with Gasteiger partial charge in [-0.3, -0.25) is 9.59 Å². The highest BCUT2D eigenvalue weighted by atomic mass is 16.5. The summed E-state index contributed by atoms with van der Waals surface area (Å²) in [7, 11) is 2.71. The fraction of sp³-hybridized carbons (Fsp3) is 0.778. The molecule has 14 heavy (non-hydrogen) atoms. The second kappa shape index (κ2) is 4.41. The summed E-state index contributed by atoms with van der Waals surface area (Å²) in [5.74, 6) is -0.527. The predicted molar refractivity (Wildman–Crippen MR) is 48.6 cm³/mol. The zero-order valence-electron chi connectivity index (χ0n) is 8.46. The molecule has 0 aromatic rings. The van der Waals surface area contributed by atoms with Crippen LogP contribution < -0.4 is 5.32 Å². The van der Waals surface area contributed by atoms with Gasteiger partial charge in [0.05, 0.1) is 20.6 Å². The van der Waals surface area contributed by atoms with Gasteiger partial charge in [-0.15, -0.1) is 0 Å². The molecule has 1 saturated carbocycles. The van der Waals surface area contributed by atoms with Crippen LogP contribution in [0.5, 0.6) is 0 Å². The number of rotatable bonds is 5. The van der Waals surface area contributed by atoms with Gasteiger partial charge >= 0.3 is 11.9 Å². The van der Waals surface area contributed by atoms with E-state index >= 15 is 0 Å². The molecule has 1 aliphatic rings. The second-order valence-electron chi connectivity index (χ2n) is 3.33. The second-order valence-corrected chi connectivity index (χ2v) is 3.33. The quantitative estimate of drug-likeness (QED) is 0.626. The van der Waals surface area contributed by atoms with E-state index in [4.69, 9.17) is 0 Å². The molecule has 0 atom stereocenters. The Labute approximate surface area is 82.8 Å². The Balaban J connectivity index is 2.24. The standard InChI is InChI=1S/C9H15NO4/c1-13-7(11)3-6-10-9(4-5-9)8(12)14-2/h10H,3-6H2,1-2H3. The smallest absolute Gasteiger partial charge is 0.326 e. The predicted octanol–water partition coefficient (Wildman–Crippen LogP) is -0.155. The lowest BCUT2D eigenvalue weighted by Crippen LogP contribution is -2.41. The van der Waals surface area contributed by atoms with Gasteiger partial charge in [0.15, 0.2) is 0 Å². The van der Waals surface area contributed by atoms with Crippen LogP contribution in [0.4, 0.5) is 0 Å². The Morgan fingerprint density at radius 2 is 1.93 bits per heavy atom. The van der Waals surface area contributed by atoms with E-state index in [1.165, 1.54) is 14.2 Å². The number of ether oxygens (including phenoxy) is 2. The van der Waals surface area contributed by atoms with Gasteiger partial charge in [0.1, 0.15) is 5.54 Å². The van der Waals surface area contributed by atoms with E-state index in [2.05, 4.69) is 14.8 Å². The van der Waals surface area contributed by atoms with Gasteiger partial charge in [0.2, 0.25) is 0 Å². The summed E-state index contributed by atoms with van der Waals surface area (Å²) in [6.07, 6.45) is 1.83. The van der Waals surface area contributed by atoms with Gasteiger partial charge in [-0.2, -0.15) is 0 Å². The maximum absolute atomic E-state index is 11.2. The van der Waals surface area contributed by atoms with Crippen LogP contribution in [-0.4, -0.2) is 38.2 Å². The van der Waals surface area contributed by atoms with E-state index in [1.807, 2.05) is 0 Å². The Hall–Kier alpha value is -1.10. The molecule has 80 valence electrons. The third-order valence-corrected chi connectivity index (χ3v) is 2.35. The third-order valence-electron chi connectivity index (χ3n) is 2.35.